The number of alkyl halides is 4. The van der Waals surface area contributed by atoms with Crippen molar-refractivity contribution >= 4 is 23.7 Å². The van der Waals surface area contributed by atoms with Crippen molar-refractivity contribution in [1.29, 1.82) is 0 Å². The molecule has 0 fully saturated rings. The Balaban J connectivity index is 3.75. The van der Waals surface area contributed by atoms with Gasteiger partial charge < -0.3 is 14.9 Å². The van der Waals surface area contributed by atoms with Gasteiger partial charge in [0.2, 0.25) is 6.17 Å². The molecule has 0 spiro atoms. The predicted molar refractivity (Wildman–Crippen MR) is 62.5 cm³/mol. The lowest BCUT2D eigenvalue weighted by Crippen LogP contribution is -2.29. The Morgan fingerprint density at radius 3 is 2.30 bits per heavy atom. The van der Waals surface area contributed by atoms with Crippen molar-refractivity contribution in [3.8, 4) is 0 Å². The Morgan fingerprint density at radius 2 is 1.85 bits per heavy atom. The third-order valence-electron chi connectivity index (χ3n) is 2.01. The number of aliphatic carboxylic acids is 2. The molecule has 2 atom stereocenters. The van der Waals surface area contributed by atoms with Gasteiger partial charge in [0.05, 0.1) is 13.0 Å². The number of carboxylic acid groups (broad SMARTS) is 2. The van der Waals surface area contributed by atoms with E-state index in [1.165, 1.54) is 0 Å². The van der Waals surface area contributed by atoms with E-state index in [-0.39, 0.29) is 18.8 Å². The predicted octanol–water partition coefficient (Wildman–Crippen LogP) is 1.95. The van der Waals surface area contributed by atoms with E-state index in [0.29, 0.717) is 0 Å². The third kappa shape index (κ3) is 8.97. The SMILES string of the molecule is O=C(O)CC(SCCCOCC(F)C(F)(F)F)C(=O)O. The first-order valence-corrected chi connectivity index (χ1v) is 6.54. The summed E-state index contributed by atoms with van der Waals surface area (Å²) < 4.78 is 52.2. The van der Waals surface area contributed by atoms with Gasteiger partial charge in [0.25, 0.3) is 0 Å². The van der Waals surface area contributed by atoms with Crippen molar-refractivity contribution < 1.29 is 42.1 Å². The van der Waals surface area contributed by atoms with Gasteiger partial charge in [0.1, 0.15) is 5.25 Å². The molecule has 0 amide bonds. The lowest BCUT2D eigenvalue weighted by molar-refractivity contribution is -0.193. The molecule has 0 aliphatic rings. The normalized spacial score (nSPS) is 14.8. The zero-order valence-corrected chi connectivity index (χ0v) is 11.0. The number of hydrogen-bond donors (Lipinski definition) is 2. The average Bonchev–Trinajstić information content (AvgIpc) is 2.29. The first kappa shape index (κ1) is 19.0. The van der Waals surface area contributed by atoms with E-state index < -0.39 is 42.6 Å². The van der Waals surface area contributed by atoms with Gasteiger partial charge in [0.15, 0.2) is 0 Å². The van der Waals surface area contributed by atoms with E-state index in [4.69, 9.17) is 10.2 Å². The smallest absolute Gasteiger partial charge is 0.421 e. The molecule has 0 aliphatic heterocycles. The molecular formula is C10H14F4O5S. The van der Waals surface area contributed by atoms with Gasteiger partial charge >= 0.3 is 18.1 Å². The van der Waals surface area contributed by atoms with E-state index in [1.54, 1.807) is 0 Å². The molecular weight excluding hydrogens is 308 g/mol. The van der Waals surface area contributed by atoms with Gasteiger partial charge in [-0.1, -0.05) is 0 Å². The van der Waals surface area contributed by atoms with Crippen LogP contribution in [0.5, 0.6) is 0 Å². The molecule has 118 valence electrons. The van der Waals surface area contributed by atoms with Crippen LogP contribution in [0.1, 0.15) is 12.8 Å². The molecule has 0 aromatic carbocycles. The van der Waals surface area contributed by atoms with E-state index >= 15 is 0 Å². The van der Waals surface area contributed by atoms with Crippen LogP contribution in [0.15, 0.2) is 0 Å². The van der Waals surface area contributed by atoms with Crippen LogP contribution in [0.4, 0.5) is 17.6 Å². The van der Waals surface area contributed by atoms with Crippen molar-refractivity contribution in [1.82, 2.24) is 0 Å². The standard InChI is InChI=1S/C10H14F4O5S/c11-7(10(12,13)14)5-19-2-1-3-20-6(9(17)18)4-8(15)16/h6-7H,1-5H2,(H,15,16)(H,17,18). The van der Waals surface area contributed by atoms with Gasteiger partial charge in [-0.3, -0.25) is 9.59 Å². The summed E-state index contributed by atoms with van der Waals surface area (Å²) >= 11 is 0.846. The summed E-state index contributed by atoms with van der Waals surface area (Å²) in [5.74, 6) is -2.35. The molecule has 10 heteroatoms. The summed E-state index contributed by atoms with van der Waals surface area (Å²) in [5, 5.41) is 16.0. The molecule has 0 aliphatic carbocycles. The van der Waals surface area contributed by atoms with E-state index in [1.807, 2.05) is 0 Å². The molecule has 2 N–H and O–H groups in total. The topological polar surface area (TPSA) is 83.8 Å². The molecule has 0 saturated heterocycles. The second-order valence-corrected chi connectivity index (χ2v) is 5.04. The fourth-order valence-corrected chi connectivity index (χ4v) is 2.02. The largest absolute Gasteiger partial charge is 0.481 e. The van der Waals surface area contributed by atoms with Crippen molar-refractivity contribution in [3.63, 3.8) is 0 Å². The Bertz CT molecular complexity index is 323. The second kappa shape index (κ2) is 9.01. The van der Waals surface area contributed by atoms with Crippen molar-refractivity contribution in [2.45, 2.75) is 30.4 Å². The Labute approximate surface area is 116 Å². The number of carbonyl (C=O) groups is 2. The molecule has 0 radical (unpaired) electrons. The minimum Gasteiger partial charge on any atom is -0.481 e. The highest BCUT2D eigenvalue weighted by molar-refractivity contribution is 8.00. The van der Waals surface area contributed by atoms with Gasteiger partial charge in [-0.15, -0.1) is 11.8 Å². The molecule has 0 rings (SSSR count). The monoisotopic (exact) mass is 322 g/mol. The van der Waals surface area contributed by atoms with Crippen LogP contribution < -0.4 is 0 Å². The number of rotatable bonds is 10. The minimum absolute atomic E-state index is 0.164. The van der Waals surface area contributed by atoms with Crippen LogP contribution in [0, 0.1) is 0 Å². The zero-order valence-electron chi connectivity index (χ0n) is 10.2. The zero-order chi connectivity index (χ0) is 15.8. The molecule has 5 nitrogen and oxygen atoms in total. The van der Waals surface area contributed by atoms with Crippen LogP contribution in [0.25, 0.3) is 0 Å². The summed E-state index contributed by atoms with van der Waals surface area (Å²) in [6.07, 6.45) is -8.36. The number of ether oxygens (including phenoxy) is 1. The lowest BCUT2D eigenvalue weighted by atomic mass is 10.3. The number of halogens is 4. The number of thioether (sulfide) groups is 1. The quantitative estimate of drug-likeness (QED) is 0.472. The summed E-state index contributed by atoms with van der Waals surface area (Å²) in [4.78, 5) is 21.0. The van der Waals surface area contributed by atoms with Crippen LogP contribution in [0.3, 0.4) is 0 Å². The Kier molecular flexibility index (Phi) is 8.54. The van der Waals surface area contributed by atoms with Crippen molar-refractivity contribution in [2.75, 3.05) is 19.0 Å². The van der Waals surface area contributed by atoms with Gasteiger partial charge in [-0.05, 0) is 12.2 Å². The highest BCUT2D eigenvalue weighted by atomic mass is 32.2. The fraction of sp³-hybridized carbons (Fsp3) is 0.800. The highest BCUT2D eigenvalue weighted by Gasteiger charge is 2.40. The summed E-state index contributed by atoms with van der Waals surface area (Å²) in [6, 6.07) is 0. The average molecular weight is 322 g/mol. The second-order valence-electron chi connectivity index (χ2n) is 3.73. The number of hydrogen-bond acceptors (Lipinski definition) is 4. The molecule has 0 aromatic heterocycles. The third-order valence-corrected chi connectivity index (χ3v) is 3.30. The van der Waals surface area contributed by atoms with Gasteiger partial charge in [-0.2, -0.15) is 13.2 Å². The maximum Gasteiger partial charge on any atom is 0.421 e. The molecule has 0 saturated carbocycles. The molecule has 0 bridgehead atoms. The van der Waals surface area contributed by atoms with E-state index in [9.17, 15) is 27.2 Å². The van der Waals surface area contributed by atoms with Crippen molar-refractivity contribution in [2.24, 2.45) is 0 Å². The highest BCUT2D eigenvalue weighted by Crippen LogP contribution is 2.23. The Morgan fingerprint density at radius 1 is 1.25 bits per heavy atom. The summed E-state index contributed by atoms with van der Waals surface area (Å²) in [6.45, 7) is -1.27. The maximum absolute atomic E-state index is 12.4. The van der Waals surface area contributed by atoms with Gasteiger partial charge in [0, 0.05) is 6.61 Å². The molecule has 0 heterocycles. The van der Waals surface area contributed by atoms with Crippen molar-refractivity contribution in [3.05, 3.63) is 0 Å². The first-order valence-electron chi connectivity index (χ1n) is 5.49. The molecule has 0 aromatic rings. The van der Waals surface area contributed by atoms with Gasteiger partial charge in [-0.25, -0.2) is 4.39 Å². The molecule has 20 heavy (non-hydrogen) atoms. The number of carboxylic acids is 2. The first-order chi connectivity index (χ1) is 9.14. The Hall–Kier alpha value is -1.03. The van der Waals surface area contributed by atoms with Crippen LogP contribution in [0.2, 0.25) is 0 Å². The minimum atomic E-state index is -4.95. The van der Waals surface area contributed by atoms with E-state index in [0.717, 1.165) is 11.8 Å². The lowest BCUT2D eigenvalue weighted by Gasteiger charge is -2.13. The maximum atomic E-state index is 12.4. The van der Waals surface area contributed by atoms with Crippen LogP contribution in [-0.2, 0) is 14.3 Å². The van der Waals surface area contributed by atoms with Crippen LogP contribution in [-0.4, -0.2) is 58.7 Å². The summed E-state index contributed by atoms with van der Waals surface area (Å²) in [7, 11) is 0. The van der Waals surface area contributed by atoms with E-state index in [2.05, 4.69) is 4.74 Å². The molecule has 2 unspecified atom stereocenters. The summed E-state index contributed by atoms with van der Waals surface area (Å²) in [5.41, 5.74) is 0. The fourth-order valence-electron chi connectivity index (χ4n) is 1.04. The van der Waals surface area contributed by atoms with Crippen LogP contribution >= 0.6 is 11.8 Å².